The molecule has 1 aromatic heterocycles. The first-order valence-electron chi connectivity index (χ1n) is 7.58. The zero-order valence-corrected chi connectivity index (χ0v) is 14.8. The highest BCUT2D eigenvalue weighted by Crippen LogP contribution is 2.36. The van der Waals surface area contributed by atoms with Gasteiger partial charge in [-0.05, 0) is 36.8 Å². The Morgan fingerprint density at radius 3 is 2.24 bits per heavy atom. The molecule has 0 N–H and O–H groups in total. The highest BCUT2D eigenvalue weighted by atomic mass is 32.2. The number of hydrogen-bond acceptors (Lipinski definition) is 6. The Morgan fingerprint density at radius 2 is 1.64 bits per heavy atom. The van der Waals surface area contributed by atoms with Gasteiger partial charge in [-0.15, -0.1) is 10.2 Å². The van der Waals surface area contributed by atoms with Crippen molar-refractivity contribution in [2.45, 2.75) is 17.4 Å². The summed E-state index contributed by atoms with van der Waals surface area (Å²) < 4.78 is 29.3. The van der Waals surface area contributed by atoms with Gasteiger partial charge in [0, 0.05) is 16.9 Å². The molecule has 0 spiro atoms. The Morgan fingerprint density at radius 1 is 1.00 bits per heavy atom. The lowest BCUT2D eigenvalue weighted by molar-refractivity contribution is 0.394. The minimum absolute atomic E-state index is 0.0498. The molecule has 25 heavy (non-hydrogen) atoms. The fraction of sp³-hybridized carbons (Fsp3) is 0.222. The van der Waals surface area contributed by atoms with Crippen LogP contribution < -0.4 is 9.47 Å². The predicted molar refractivity (Wildman–Crippen MR) is 93.5 cm³/mol. The van der Waals surface area contributed by atoms with E-state index in [0.717, 1.165) is 5.56 Å². The van der Waals surface area contributed by atoms with Crippen LogP contribution in [0, 0.1) is 5.82 Å². The Labute approximate surface area is 149 Å². The van der Waals surface area contributed by atoms with E-state index in [0.29, 0.717) is 28.2 Å². The predicted octanol–water partition coefficient (Wildman–Crippen LogP) is 4.75. The van der Waals surface area contributed by atoms with Gasteiger partial charge in [0.25, 0.3) is 5.22 Å². The second kappa shape index (κ2) is 7.57. The van der Waals surface area contributed by atoms with Crippen molar-refractivity contribution in [1.82, 2.24) is 10.2 Å². The van der Waals surface area contributed by atoms with Gasteiger partial charge in [-0.3, -0.25) is 0 Å². The van der Waals surface area contributed by atoms with E-state index in [2.05, 4.69) is 10.2 Å². The molecule has 7 heteroatoms. The molecule has 0 amide bonds. The van der Waals surface area contributed by atoms with Gasteiger partial charge in [0.2, 0.25) is 5.89 Å². The zero-order valence-electron chi connectivity index (χ0n) is 14.0. The maximum Gasteiger partial charge on any atom is 0.277 e. The molecule has 5 nitrogen and oxygen atoms in total. The van der Waals surface area contributed by atoms with Crippen molar-refractivity contribution in [2.24, 2.45) is 0 Å². The summed E-state index contributed by atoms with van der Waals surface area (Å²) in [4.78, 5) is 0. The molecule has 0 bridgehead atoms. The summed E-state index contributed by atoms with van der Waals surface area (Å²) in [5, 5.41) is 8.65. The molecule has 1 unspecified atom stereocenters. The first-order chi connectivity index (χ1) is 12.1. The van der Waals surface area contributed by atoms with Crippen molar-refractivity contribution in [3.8, 4) is 23.0 Å². The van der Waals surface area contributed by atoms with Crippen LogP contribution in [-0.4, -0.2) is 24.4 Å². The summed E-state index contributed by atoms with van der Waals surface area (Å²) >= 11 is 1.41. The van der Waals surface area contributed by atoms with E-state index in [1.807, 2.05) is 6.92 Å². The number of benzene rings is 2. The van der Waals surface area contributed by atoms with Crippen molar-refractivity contribution in [2.75, 3.05) is 14.2 Å². The highest BCUT2D eigenvalue weighted by Gasteiger charge is 2.15. The number of aromatic nitrogens is 2. The standard InChI is InChI=1S/C18H17FN2O3S/c1-11(12-4-6-14(19)7-5-12)25-18-21-20-17(24-18)13-8-15(22-2)10-16(9-13)23-3/h4-11H,1-3H3. The summed E-state index contributed by atoms with van der Waals surface area (Å²) in [6.45, 7) is 2.00. The van der Waals surface area contributed by atoms with Crippen LogP contribution in [0.1, 0.15) is 17.7 Å². The molecule has 0 saturated carbocycles. The summed E-state index contributed by atoms with van der Waals surface area (Å²) in [5.74, 6) is 1.40. The molecule has 0 aliphatic rings. The number of ether oxygens (including phenoxy) is 2. The lowest BCUT2D eigenvalue weighted by Gasteiger charge is -2.08. The van der Waals surface area contributed by atoms with E-state index in [1.165, 1.54) is 23.9 Å². The molecule has 1 atom stereocenters. The van der Waals surface area contributed by atoms with Gasteiger partial charge < -0.3 is 13.9 Å². The third-order valence-electron chi connectivity index (χ3n) is 3.62. The average molecular weight is 360 g/mol. The number of halogens is 1. The summed E-state index contributed by atoms with van der Waals surface area (Å²) in [6, 6.07) is 11.7. The molecule has 1 heterocycles. The lowest BCUT2D eigenvalue weighted by atomic mass is 10.2. The van der Waals surface area contributed by atoms with Gasteiger partial charge in [0.15, 0.2) is 0 Å². The van der Waals surface area contributed by atoms with Crippen molar-refractivity contribution >= 4 is 11.8 Å². The number of rotatable bonds is 6. The van der Waals surface area contributed by atoms with Crippen LogP contribution in [0.4, 0.5) is 4.39 Å². The molecule has 0 saturated heterocycles. The molecule has 0 fully saturated rings. The number of thioether (sulfide) groups is 1. The summed E-state index contributed by atoms with van der Waals surface area (Å²) in [6.07, 6.45) is 0. The Bertz CT molecular complexity index is 830. The molecular formula is C18H17FN2O3S. The largest absolute Gasteiger partial charge is 0.497 e. The molecule has 2 aromatic carbocycles. The maximum atomic E-state index is 13.0. The molecule has 0 radical (unpaired) electrons. The Kier molecular flexibility index (Phi) is 5.23. The molecule has 130 valence electrons. The average Bonchev–Trinajstić information content (AvgIpc) is 3.10. The summed E-state index contributed by atoms with van der Waals surface area (Å²) in [5.41, 5.74) is 1.69. The molecule has 3 rings (SSSR count). The molecule has 0 aliphatic carbocycles. The first-order valence-corrected chi connectivity index (χ1v) is 8.46. The Balaban J connectivity index is 1.79. The number of nitrogens with zero attached hydrogens (tertiary/aromatic N) is 2. The smallest absolute Gasteiger partial charge is 0.277 e. The molecule has 3 aromatic rings. The van der Waals surface area contributed by atoms with Crippen LogP contribution in [0.2, 0.25) is 0 Å². The second-order valence-corrected chi connectivity index (χ2v) is 6.58. The van der Waals surface area contributed by atoms with Gasteiger partial charge in [0.05, 0.1) is 14.2 Å². The first kappa shape index (κ1) is 17.3. The topological polar surface area (TPSA) is 57.4 Å². The Hall–Kier alpha value is -2.54. The SMILES string of the molecule is COc1cc(OC)cc(-c2nnc(SC(C)c3ccc(F)cc3)o2)c1. The van der Waals surface area contributed by atoms with Crippen LogP contribution in [0.25, 0.3) is 11.5 Å². The third kappa shape index (κ3) is 4.11. The highest BCUT2D eigenvalue weighted by molar-refractivity contribution is 7.99. The van der Waals surface area contributed by atoms with Crippen LogP contribution in [0.15, 0.2) is 52.1 Å². The van der Waals surface area contributed by atoms with Crippen LogP contribution in [0.5, 0.6) is 11.5 Å². The summed E-state index contributed by atoms with van der Waals surface area (Å²) in [7, 11) is 3.16. The van der Waals surface area contributed by atoms with E-state index in [9.17, 15) is 4.39 Å². The number of hydrogen-bond donors (Lipinski definition) is 0. The normalized spacial score (nSPS) is 12.0. The maximum absolute atomic E-state index is 13.0. The molecule has 0 aliphatic heterocycles. The van der Waals surface area contributed by atoms with Crippen molar-refractivity contribution in [3.63, 3.8) is 0 Å². The quantitative estimate of drug-likeness (QED) is 0.592. The van der Waals surface area contributed by atoms with Crippen molar-refractivity contribution < 1.29 is 18.3 Å². The van der Waals surface area contributed by atoms with Gasteiger partial charge >= 0.3 is 0 Å². The zero-order chi connectivity index (χ0) is 17.8. The minimum Gasteiger partial charge on any atom is -0.497 e. The van der Waals surface area contributed by atoms with Gasteiger partial charge in [-0.1, -0.05) is 23.9 Å². The van der Waals surface area contributed by atoms with E-state index in [4.69, 9.17) is 13.9 Å². The van der Waals surface area contributed by atoms with Crippen molar-refractivity contribution in [1.29, 1.82) is 0 Å². The van der Waals surface area contributed by atoms with Crippen LogP contribution >= 0.6 is 11.8 Å². The molecular weight excluding hydrogens is 343 g/mol. The van der Waals surface area contributed by atoms with Gasteiger partial charge in [0.1, 0.15) is 17.3 Å². The van der Waals surface area contributed by atoms with Crippen LogP contribution in [-0.2, 0) is 0 Å². The van der Waals surface area contributed by atoms with E-state index < -0.39 is 0 Å². The van der Waals surface area contributed by atoms with Crippen LogP contribution in [0.3, 0.4) is 0 Å². The van der Waals surface area contributed by atoms with E-state index in [1.54, 1.807) is 44.6 Å². The minimum atomic E-state index is -0.256. The number of methoxy groups -OCH3 is 2. The van der Waals surface area contributed by atoms with Crippen molar-refractivity contribution in [3.05, 3.63) is 53.8 Å². The fourth-order valence-corrected chi connectivity index (χ4v) is 3.07. The van der Waals surface area contributed by atoms with E-state index in [-0.39, 0.29) is 11.1 Å². The fourth-order valence-electron chi connectivity index (χ4n) is 2.26. The third-order valence-corrected chi connectivity index (χ3v) is 4.61. The van der Waals surface area contributed by atoms with Gasteiger partial charge in [-0.2, -0.15) is 0 Å². The second-order valence-electron chi connectivity index (χ2n) is 5.29. The van der Waals surface area contributed by atoms with E-state index >= 15 is 0 Å². The monoisotopic (exact) mass is 360 g/mol. The van der Waals surface area contributed by atoms with Gasteiger partial charge in [-0.25, -0.2) is 4.39 Å². The lowest BCUT2D eigenvalue weighted by Crippen LogP contribution is -1.89.